The number of carbonyl (C=O) groups excluding carboxylic acids is 5. The summed E-state index contributed by atoms with van der Waals surface area (Å²) >= 11 is 0. The highest BCUT2D eigenvalue weighted by Gasteiger charge is 2.41. The Morgan fingerprint density at radius 3 is 1.88 bits per heavy atom. The first-order chi connectivity index (χ1) is 23.5. The fourth-order valence-electron chi connectivity index (χ4n) is 5.09. The fraction of sp³-hybridized carbons (Fsp3) is 0.594. The molecule has 3 unspecified atom stereocenters. The summed E-state index contributed by atoms with van der Waals surface area (Å²) in [5, 5.41) is 34.0. The van der Waals surface area contributed by atoms with E-state index in [1.54, 1.807) is 31.3 Å². The van der Waals surface area contributed by atoms with E-state index in [0.717, 1.165) is 5.69 Å². The number of likely N-dealkylation sites (N-methyl/N-ethyl adjacent to an activating group) is 1. The van der Waals surface area contributed by atoms with Crippen molar-refractivity contribution in [3.05, 3.63) is 29.8 Å². The lowest BCUT2D eigenvalue weighted by atomic mass is 9.74. The number of rotatable bonds is 22. The average Bonchev–Trinajstić information content (AvgIpc) is 3.03. The number of hydrogen-bond acceptors (Lipinski definition) is 10. The molecule has 0 fully saturated rings. The van der Waals surface area contributed by atoms with E-state index >= 15 is 0 Å². The lowest BCUT2D eigenvalue weighted by molar-refractivity contribution is -0.150. The van der Waals surface area contributed by atoms with E-state index in [4.69, 9.17) is 0 Å². The smallest absolute Gasteiger partial charge is 0.326 e. The third-order valence-corrected chi connectivity index (χ3v) is 8.64. The summed E-state index contributed by atoms with van der Waals surface area (Å²) in [6.45, 7) is 5.77. The lowest BCUT2D eigenvalue weighted by Crippen LogP contribution is -2.56. The molecule has 0 saturated heterocycles. The van der Waals surface area contributed by atoms with Gasteiger partial charge in [0, 0.05) is 43.7 Å². The predicted octanol–water partition coefficient (Wildman–Crippen LogP) is 0.109. The molecule has 3 atom stereocenters. The monoisotopic (exact) mass is 742 g/mol. The van der Waals surface area contributed by atoms with Crippen molar-refractivity contribution in [2.24, 2.45) is 10.8 Å². The number of nitrogens with one attached hydrogen (secondary N) is 6. The first-order valence-electron chi connectivity index (χ1n) is 16.1. The van der Waals surface area contributed by atoms with Crippen LogP contribution in [0.2, 0.25) is 0 Å². The topological polar surface area (TPSA) is 286 Å². The van der Waals surface area contributed by atoms with Gasteiger partial charge in [-0.25, -0.2) is 4.79 Å². The van der Waals surface area contributed by atoms with Crippen LogP contribution in [0.5, 0.6) is 0 Å². The highest BCUT2D eigenvalue weighted by Crippen LogP contribution is 2.34. The van der Waals surface area contributed by atoms with Crippen molar-refractivity contribution in [3.8, 4) is 0 Å². The Balaban J connectivity index is 2.82. The molecule has 0 aliphatic carbocycles. The van der Waals surface area contributed by atoms with Gasteiger partial charge < -0.3 is 42.1 Å². The molecule has 0 aliphatic heterocycles. The summed E-state index contributed by atoms with van der Waals surface area (Å²) in [5.74, 6) is -7.88. The van der Waals surface area contributed by atoms with E-state index in [2.05, 4.69) is 31.9 Å². The Morgan fingerprint density at radius 1 is 0.765 bits per heavy atom. The molecule has 1 rings (SSSR count). The van der Waals surface area contributed by atoms with E-state index in [9.17, 15) is 56.7 Å². The number of hydrogen-bond donors (Lipinski definition) is 9. The van der Waals surface area contributed by atoms with E-state index in [-0.39, 0.29) is 18.7 Å². The van der Waals surface area contributed by atoms with Gasteiger partial charge in [-0.3, -0.25) is 33.3 Å². The van der Waals surface area contributed by atoms with Crippen LogP contribution in [0, 0.1) is 10.8 Å². The number of benzene rings is 1. The van der Waals surface area contributed by atoms with Gasteiger partial charge in [-0.2, -0.15) is 8.42 Å². The first kappa shape index (κ1) is 44.2. The number of aliphatic carboxylic acids is 2. The summed E-state index contributed by atoms with van der Waals surface area (Å²) in [5.41, 5.74) is -1.51. The zero-order valence-corrected chi connectivity index (χ0v) is 30.4. The molecule has 19 heteroatoms. The van der Waals surface area contributed by atoms with E-state index in [1.165, 1.54) is 34.7 Å². The van der Waals surface area contributed by atoms with Gasteiger partial charge >= 0.3 is 11.9 Å². The zero-order valence-electron chi connectivity index (χ0n) is 29.6. The summed E-state index contributed by atoms with van der Waals surface area (Å²) in [6, 6.07) is 2.14. The van der Waals surface area contributed by atoms with Gasteiger partial charge in [-0.05, 0) is 70.2 Å². The minimum Gasteiger partial charge on any atom is -0.481 e. The second kappa shape index (κ2) is 19.6. The molecule has 286 valence electrons. The summed E-state index contributed by atoms with van der Waals surface area (Å²) in [6.07, 6.45) is -0.120. The third kappa shape index (κ3) is 15.8. The molecule has 51 heavy (non-hydrogen) atoms. The second-order valence-corrected chi connectivity index (χ2v) is 14.8. The molecule has 0 bridgehead atoms. The van der Waals surface area contributed by atoms with Gasteiger partial charge in [0.15, 0.2) is 0 Å². The molecule has 0 aromatic heterocycles. The Morgan fingerprint density at radius 2 is 1.37 bits per heavy atom. The molecule has 1 aromatic carbocycles. The molecule has 0 aliphatic rings. The van der Waals surface area contributed by atoms with Crippen molar-refractivity contribution in [3.63, 3.8) is 0 Å². The van der Waals surface area contributed by atoms with Gasteiger partial charge in [-0.1, -0.05) is 13.8 Å². The molecular formula is C32H50N6O12S. The third-order valence-electron chi connectivity index (χ3n) is 7.89. The molecule has 9 N–H and O–H groups in total. The highest BCUT2D eigenvalue weighted by atomic mass is 32.2. The van der Waals surface area contributed by atoms with Crippen molar-refractivity contribution in [1.29, 1.82) is 0 Å². The normalized spacial score (nSPS) is 13.5. The van der Waals surface area contributed by atoms with Crippen LogP contribution >= 0.6 is 0 Å². The second-order valence-electron chi connectivity index (χ2n) is 13.3. The standard InChI is InChI=1S/C32H50N6O12S/c1-31(2,18-32(3,4)30(46)47)29(45)38-23(17-51(48,49)50)27(42)37-22(28(43)44)14-15-24(39)36-21(26(41)34-6)9-7-8-16-35-25(40)19-10-12-20(33-5)13-11-19/h10-13,21-23,33H,7-9,14-18H2,1-6H3,(H,34,41)(H,35,40)(H,36,39)(H,37,42)(H,38,45)(H,43,44)(H,46,47)(H,48,49,50). The van der Waals surface area contributed by atoms with Crippen LogP contribution in [-0.4, -0.2) is 109 Å². The van der Waals surface area contributed by atoms with Crippen LogP contribution in [0.15, 0.2) is 24.3 Å². The van der Waals surface area contributed by atoms with Crippen LogP contribution in [0.3, 0.4) is 0 Å². The number of carboxylic acids is 2. The first-order valence-corrected chi connectivity index (χ1v) is 17.7. The van der Waals surface area contributed by atoms with Gasteiger partial charge in [0.25, 0.3) is 16.0 Å². The van der Waals surface area contributed by atoms with E-state index in [0.29, 0.717) is 24.9 Å². The molecular weight excluding hydrogens is 692 g/mol. The van der Waals surface area contributed by atoms with Crippen molar-refractivity contribution >= 4 is 57.3 Å². The van der Waals surface area contributed by atoms with Crippen LogP contribution < -0.4 is 31.9 Å². The maximum atomic E-state index is 13.0. The average molecular weight is 743 g/mol. The molecule has 0 saturated carbocycles. The number of anilines is 1. The van der Waals surface area contributed by atoms with Gasteiger partial charge in [0.05, 0.1) is 5.41 Å². The number of unbranched alkanes of at least 4 members (excludes halogenated alkanes) is 1. The zero-order chi connectivity index (χ0) is 39.2. The quantitative estimate of drug-likeness (QED) is 0.0564. The summed E-state index contributed by atoms with van der Waals surface area (Å²) in [4.78, 5) is 87.1. The SMILES string of the molecule is CNC(=O)C(CCCCNC(=O)c1ccc(NC)cc1)NC(=O)CCC(NC(=O)C(CS(=O)(=O)O)NC(=O)C(C)(C)CC(C)(C)C(=O)O)C(=O)O. The van der Waals surface area contributed by atoms with Crippen molar-refractivity contribution < 1.29 is 56.7 Å². The number of carbonyl (C=O) groups is 7. The predicted molar refractivity (Wildman–Crippen MR) is 185 cm³/mol. The summed E-state index contributed by atoms with van der Waals surface area (Å²) in [7, 11) is -1.76. The molecule has 0 radical (unpaired) electrons. The molecule has 18 nitrogen and oxygen atoms in total. The van der Waals surface area contributed by atoms with E-state index in [1.807, 2.05) is 0 Å². The van der Waals surface area contributed by atoms with Crippen molar-refractivity contribution in [1.82, 2.24) is 26.6 Å². The Kier molecular flexibility index (Phi) is 17.0. The summed E-state index contributed by atoms with van der Waals surface area (Å²) < 4.78 is 32.7. The fourth-order valence-corrected chi connectivity index (χ4v) is 5.74. The largest absolute Gasteiger partial charge is 0.481 e. The van der Waals surface area contributed by atoms with Crippen molar-refractivity contribution in [2.75, 3.05) is 31.7 Å². The number of carboxylic acid groups (broad SMARTS) is 2. The Hall–Kier alpha value is -4.78. The Bertz CT molecular complexity index is 1530. The maximum absolute atomic E-state index is 13.0. The van der Waals surface area contributed by atoms with E-state index < -0.39 is 93.2 Å². The highest BCUT2D eigenvalue weighted by molar-refractivity contribution is 7.85. The Labute approximate surface area is 297 Å². The van der Waals surface area contributed by atoms with Gasteiger partial charge in [0.1, 0.15) is 23.9 Å². The molecule has 0 heterocycles. The molecule has 0 spiro atoms. The lowest BCUT2D eigenvalue weighted by Gasteiger charge is -2.32. The van der Waals surface area contributed by atoms with Crippen LogP contribution in [0.4, 0.5) is 5.69 Å². The van der Waals surface area contributed by atoms with Crippen LogP contribution in [0.1, 0.15) is 76.6 Å². The minimum atomic E-state index is -4.89. The maximum Gasteiger partial charge on any atom is 0.326 e. The van der Waals surface area contributed by atoms with Gasteiger partial charge in [-0.15, -0.1) is 0 Å². The number of amides is 5. The van der Waals surface area contributed by atoms with Crippen molar-refractivity contribution in [2.45, 2.75) is 84.3 Å². The van der Waals surface area contributed by atoms with Crippen LogP contribution in [0.25, 0.3) is 0 Å². The minimum absolute atomic E-state index is 0.189. The molecule has 1 aromatic rings. The van der Waals surface area contributed by atoms with Gasteiger partial charge in [0.2, 0.25) is 23.6 Å². The van der Waals surface area contributed by atoms with Crippen LogP contribution in [-0.2, 0) is 38.9 Å². The molecule has 5 amide bonds.